The zero-order chi connectivity index (χ0) is 21.8. The van der Waals surface area contributed by atoms with E-state index in [4.69, 9.17) is 0 Å². The molecule has 7 heteroatoms. The molecule has 0 unspecified atom stereocenters. The summed E-state index contributed by atoms with van der Waals surface area (Å²) in [5, 5.41) is 24.4. The van der Waals surface area contributed by atoms with E-state index in [0.29, 0.717) is 16.2 Å². The van der Waals surface area contributed by atoms with E-state index in [0.717, 1.165) is 23.3 Å². The van der Waals surface area contributed by atoms with Crippen molar-refractivity contribution in [3.8, 4) is 5.75 Å². The molecule has 1 aliphatic rings. The number of carbonyl (C=O) groups excluding carboxylic acids is 1. The maximum absolute atomic E-state index is 12.9. The molecule has 0 saturated carbocycles. The third-order valence-corrected chi connectivity index (χ3v) is 6.01. The maximum atomic E-state index is 12.9. The number of amides is 1. The van der Waals surface area contributed by atoms with Gasteiger partial charge in [0.2, 0.25) is 5.17 Å². The van der Waals surface area contributed by atoms with Gasteiger partial charge in [0.15, 0.2) is 5.75 Å². The smallest absolute Gasteiger partial charge is 0.259 e. The Bertz CT molecular complexity index is 1230. The zero-order valence-corrected chi connectivity index (χ0v) is 18.1. The van der Waals surface area contributed by atoms with Crippen LogP contribution >= 0.6 is 11.8 Å². The third-order valence-electron chi connectivity index (χ3n) is 5.08. The van der Waals surface area contributed by atoms with Crippen molar-refractivity contribution in [1.82, 2.24) is 0 Å². The van der Waals surface area contributed by atoms with Crippen LogP contribution in [0.15, 0.2) is 87.2 Å². The van der Waals surface area contributed by atoms with Gasteiger partial charge in [-0.2, -0.15) is 0 Å². The van der Waals surface area contributed by atoms with Crippen LogP contribution in [0.25, 0.3) is 10.8 Å². The fraction of sp³-hybridized carbons (Fsp3) is 0.167. The van der Waals surface area contributed by atoms with Gasteiger partial charge in [-0.1, -0.05) is 61.2 Å². The molecular formula is C24H22N4O2S. The van der Waals surface area contributed by atoms with Gasteiger partial charge in [-0.05, 0) is 42.5 Å². The van der Waals surface area contributed by atoms with Gasteiger partial charge in [0.1, 0.15) is 5.69 Å². The Kier molecular flexibility index (Phi) is 6.13. The lowest BCUT2D eigenvalue weighted by Gasteiger charge is -2.13. The average molecular weight is 431 g/mol. The Morgan fingerprint density at radius 2 is 1.87 bits per heavy atom. The lowest BCUT2D eigenvalue weighted by atomic mass is 10.0. The van der Waals surface area contributed by atoms with Gasteiger partial charge >= 0.3 is 0 Å². The lowest BCUT2D eigenvalue weighted by Crippen LogP contribution is -2.12. The second-order valence-corrected chi connectivity index (χ2v) is 8.03. The number of hydrogen-bond donors (Lipinski definition) is 2. The number of azo groups is 1. The number of phenols is 1. The maximum Gasteiger partial charge on any atom is 0.259 e. The van der Waals surface area contributed by atoms with Crippen LogP contribution in [-0.4, -0.2) is 21.9 Å². The van der Waals surface area contributed by atoms with Crippen molar-refractivity contribution in [2.75, 3.05) is 11.1 Å². The summed E-state index contributed by atoms with van der Waals surface area (Å²) < 4.78 is 0. The quantitative estimate of drug-likeness (QED) is 0.453. The van der Waals surface area contributed by atoms with Gasteiger partial charge in [0.25, 0.3) is 5.91 Å². The topological polar surface area (TPSA) is 86.4 Å². The number of anilines is 1. The van der Waals surface area contributed by atoms with E-state index in [9.17, 15) is 9.90 Å². The van der Waals surface area contributed by atoms with E-state index in [1.54, 1.807) is 18.2 Å². The molecule has 0 fully saturated rings. The molecule has 0 aliphatic carbocycles. The Labute approximate surface area is 184 Å². The van der Waals surface area contributed by atoms with Gasteiger partial charge in [-0.3, -0.25) is 4.79 Å². The predicted octanol–water partition coefficient (Wildman–Crippen LogP) is 6.67. The number of para-hydroxylation sites is 1. The molecule has 6 nitrogen and oxygen atoms in total. The minimum Gasteiger partial charge on any atom is -0.505 e. The number of thioether (sulfide) groups is 1. The number of benzene rings is 3. The van der Waals surface area contributed by atoms with Gasteiger partial charge in [0.05, 0.1) is 5.56 Å². The molecule has 2 N–H and O–H groups in total. The molecule has 31 heavy (non-hydrogen) atoms. The molecule has 0 spiro atoms. The van der Waals surface area contributed by atoms with Crippen molar-refractivity contribution in [2.24, 2.45) is 15.2 Å². The Balaban J connectivity index is 1.74. The van der Waals surface area contributed by atoms with Crippen molar-refractivity contribution < 1.29 is 9.90 Å². The summed E-state index contributed by atoms with van der Waals surface area (Å²) in [6.45, 7) is 4.08. The number of amidine groups is 1. The highest BCUT2D eigenvalue weighted by atomic mass is 32.2. The normalized spacial score (nSPS) is 14.2. The monoisotopic (exact) mass is 430 g/mol. The highest BCUT2D eigenvalue weighted by Crippen LogP contribution is 2.39. The van der Waals surface area contributed by atoms with Crippen molar-refractivity contribution >= 4 is 45.0 Å². The summed E-state index contributed by atoms with van der Waals surface area (Å²) in [4.78, 5) is 17.4. The number of aromatic hydroxyl groups is 1. The lowest BCUT2D eigenvalue weighted by molar-refractivity contribution is 0.102. The number of carbonyl (C=O) groups is 1. The molecule has 0 saturated heterocycles. The number of nitrogens with one attached hydrogen (secondary N) is 1. The Morgan fingerprint density at radius 1 is 1.13 bits per heavy atom. The SMILES string of the molecule is CCC1=C(C)N=C(N=Nc2c(O)c(C(=O)Nc3ccccc3)cc3ccccc23)SC1. The van der Waals surface area contributed by atoms with Crippen LogP contribution in [0, 0.1) is 0 Å². The standard InChI is InChI=1S/C24H22N4O2S/c1-3-16-14-31-24(25-15(16)2)28-27-21-19-12-8-7-9-17(19)13-20(22(21)29)23(30)26-18-10-5-4-6-11-18/h4-13,29H,3,14H2,1-2H3,(H,26,30). The molecule has 1 aliphatic heterocycles. The summed E-state index contributed by atoms with van der Waals surface area (Å²) in [5.74, 6) is 0.201. The summed E-state index contributed by atoms with van der Waals surface area (Å²) in [6, 6.07) is 18.2. The summed E-state index contributed by atoms with van der Waals surface area (Å²) in [6.07, 6.45) is 0.955. The summed E-state index contributed by atoms with van der Waals surface area (Å²) >= 11 is 1.51. The molecule has 0 bridgehead atoms. The van der Waals surface area contributed by atoms with Gasteiger partial charge < -0.3 is 10.4 Å². The summed E-state index contributed by atoms with van der Waals surface area (Å²) in [5.41, 5.74) is 3.28. The van der Waals surface area contributed by atoms with Crippen LogP contribution in [0.5, 0.6) is 5.75 Å². The van der Waals surface area contributed by atoms with Crippen LogP contribution in [0.3, 0.4) is 0 Å². The first-order valence-corrected chi connectivity index (χ1v) is 11.0. The number of phenolic OH excluding ortho intramolecular Hbond substituents is 1. The van der Waals surface area contributed by atoms with Crippen molar-refractivity contribution in [2.45, 2.75) is 20.3 Å². The fourth-order valence-electron chi connectivity index (χ4n) is 3.32. The van der Waals surface area contributed by atoms with E-state index < -0.39 is 5.91 Å². The molecule has 0 radical (unpaired) electrons. The van der Waals surface area contributed by atoms with Crippen LogP contribution in [-0.2, 0) is 0 Å². The van der Waals surface area contributed by atoms with Gasteiger partial charge in [-0.25, -0.2) is 4.99 Å². The first-order chi connectivity index (χ1) is 15.1. The zero-order valence-electron chi connectivity index (χ0n) is 17.3. The van der Waals surface area contributed by atoms with Crippen LogP contribution < -0.4 is 5.32 Å². The highest BCUT2D eigenvalue weighted by molar-refractivity contribution is 8.14. The van der Waals surface area contributed by atoms with Crippen molar-refractivity contribution in [1.29, 1.82) is 0 Å². The van der Waals surface area contributed by atoms with Crippen LogP contribution in [0.1, 0.15) is 30.6 Å². The molecule has 156 valence electrons. The van der Waals surface area contributed by atoms with Crippen LogP contribution in [0.4, 0.5) is 11.4 Å². The van der Waals surface area contributed by atoms with E-state index in [-0.39, 0.29) is 17.0 Å². The third kappa shape index (κ3) is 4.51. The molecule has 3 aromatic carbocycles. The molecule has 0 aromatic heterocycles. The van der Waals surface area contributed by atoms with Crippen molar-refractivity contribution in [3.63, 3.8) is 0 Å². The highest BCUT2D eigenvalue weighted by Gasteiger charge is 2.19. The largest absolute Gasteiger partial charge is 0.505 e. The summed E-state index contributed by atoms with van der Waals surface area (Å²) in [7, 11) is 0. The number of aliphatic imine (C=N–C) groups is 1. The molecular weight excluding hydrogens is 408 g/mol. The Hall–Kier alpha value is -3.45. The first-order valence-electron chi connectivity index (χ1n) is 9.99. The van der Waals surface area contributed by atoms with E-state index in [2.05, 4.69) is 27.5 Å². The average Bonchev–Trinajstić information content (AvgIpc) is 2.79. The molecule has 4 rings (SSSR count). The van der Waals surface area contributed by atoms with Crippen molar-refractivity contribution in [3.05, 3.63) is 77.5 Å². The number of rotatable bonds is 4. The molecule has 1 heterocycles. The number of hydrogen-bond acceptors (Lipinski definition) is 6. The fourth-order valence-corrected chi connectivity index (χ4v) is 4.34. The molecule has 3 aromatic rings. The van der Waals surface area contributed by atoms with Crippen LogP contribution in [0.2, 0.25) is 0 Å². The minimum absolute atomic E-state index is 0.138. The number of nitrogens with zero attached hydrogens (tertiary/aromatic N) is 3. The molecule has 0 atom stereocenters. The van der Waals surface area contributed by atoms with Gasteiger partial charge in [-0.15, -0.1) is 10.2 Å². The minimum atomic E-state index is -0.415. The van der Waals surface area contributed by atoms with E-state index >= 15 is 0 Å². The van der Waals surface area contributed by atoms with E-state index in [1.165, 1.54) is 17.3 Å². The van der Waals surface area contributed by atoms with Gasteiger partial charge in [0, 0.05) is 22.5 Å². The second-order valence-electron chi connectivity index (χ2n) is 7.09. The van der Waals surface area contributed by atoms with E-state index in [1.807, 2.05) is 49.4 Å². The first kappa shape index (κ1) is 20.8. The molecule has 1 amide bonds. The second kappa shape index (κ2) is 9.14. The number of allylic oxidation sites excluding steroid dienone is 1. The number of fused-ring (bicyclic) bond motifs is 1. The predicted molar refractivity (Wildman–Crippen MR) is 127 cm³/mol. The Morgan fingerprint density at radius 3 is 2.61 bits per heavy atom.